The Morgan fingerprint density at radius 3 is 2.71 bits per heavy atom. The Balaban J connectivity index is 2.46. The minimum atomic E-state index is -0.0715. The predicted molar refractivity (Wildman–Crippen MR) is 71.6 cm³/mol. The molecule has 3 N–H and O–H groups in total. The van der Waals surface area contributed by atoms with Gasteiger partial charge in [0.2, 0.25) is 5.91 Å². The van der Waals surface area contributed by atoms with E-state index in [-0.39, 0.29) is 17.4 Å². The van der Waals surface area contributed by atoms with Crippen molar-refractivity contribution in [3.05, 3.63) is 0 Å². The first-order valence-corrected chi connectivity index (χ1v) is 7.00. The highest BCUT2D eigenvalue weighted by atomic mass is 16.2. The summed E-state index contributed by atoms with van der Waals surface area (Å²) in [7, 11) is 0. The number of carbonyl (C=O) groups excluding carboxylic acids is 1. The normalized spacial score (nSPS) is 25.6. The molecule has 0 saturated heterocycles. The molecule has 0 radical (unpaired) electrons. The van der Waals surface area contributed by atoms with Gasteiger partial charge in [0, 0.05) is 11.5 Å². The van der Waals surface area contributed by atoms with Gasteiger partial charge in [-0.15, -0.1) is 0 Å². The summed E-state index contributed by atoms with van der Waals surface area (Å²) in [6, 6.07) is 0. The second-order valence-corrected chi connectivity index (χ2v) is 6.03. The van der Waals surface area contributed by atoms with E-state index < -0.39 is 0 Å². The zero-order valence-electron chi connectivity index (χ0n) is 11.6. The number of hydrogen-bond acceptors (Lipinski definition) is 2. The van der Waals surface area contributed by atoms with Crippen LogP contribution in [0.2, 0.25) is 0 Å². The summed E-state index contributed by atoms with van der Waals surface area (Å²) in [5.41, 5.74) is 5.53. The molecule has 3 heteroatoms. The average molecular weight is 240 g/mol. The maximum atomic E-state index is 12.2. The highest BCUT2D eigenvalue weighted by Crippen LogP contribution is 2.31. The predicted octanol–water partition coefficient (Wildman–Crippen LogP) is 2.45. The van der Waals surface area contributed by atoms with Gasteiger partial charge < -0.3 is 11.1 Å². The Bertz CT molecular complexity index is 249. The number of rotatable bonds is 5. The average Bonchev–Trinajstić information content (AvgIpc) is 2.29. The van der Waals surface area contributed by atoms with Gasteiger partial charge in [0.05, 0.1) is 0 Å². The van der Waals surface area contributed by atoms with E-state index in [0.717, 1.165) is 32.2 Å². The van der Waals surface area contributed by atoms with Crippen molar-refractivity contribution in [1.29, 1.82) is 0 Å². The number of carbonyl (C=O) groups is 1. The Labute approximate surface area is 106 Å². The topological polar surface area (TPSA) is 55.1 Å². The van der Waals surface area contributed by atoms with Crippen molar-refractivity contribution in [2.45, 2.75) is 64.8 Å². The van der Waals surface area contributed by atoms with E-state index in [4.69, 9.17) is 5.73 Å². The Kier molecular flexibility index (Phi) is 5.44. The SMILES string of the molecule is CCC(C)(C)NC(=O)C1CCCC(CCN)C1. The fraction of sp³-hybridized carbons (Fsp3) is 0.929. The molecule has 17 heavy (non-hydrogen) atoms. The summed E-state index contributed by atoms with van der Waals surface area (Å²) >= 11 is 0. The van der Waals surface area contributed by atoms with Gasteiger partial charge in [0.25, 0.3) is 0 Å². The summed E-state index contributed by atoms with van der Waals surface area (Å²) in [4.78, 5) is 12.2. The smallest absolute Gasteiger partial charge is 0.223 e. The molecule has 0 spiro atoms. The molecule has 1 saturated carbocycles. The van der Waals surface area contributed by atoms with E-state index in [1.54, 1.807) is 0 Å². The van der Waals surface area contributed by atoms with Crippen molar-refractivity contribution in [2.75, 3.05) is 6.54 Å². The van der Waals surface area contributed by atoms with Crippen LogP contribution in [0.1, 0.15) is 59.3 Å². The van der Waals surface area contributed by atoms with Crippen molar-refractivity contribution in [3.8, 4) is 0 Å². The molecular weight excluding hydrogens is 212 g/mol. The lowest BCUT2D eigenvalue weighted by Gasteiger charge is -2.32. The van der Waals surface area contributed by atoms with E-state index in [2.05, 4.69) is 26.1 Å². The van der Waals surface area contributed by atoms with E-state index in [0.29, 0.717) is 5.92 Å². The molecule has 1 aliphatic rings. The molecule has 0 aromatic heterocycles. The zero-order valence-corrected chi connectivity index (χ0v) is 11.6. The van der Waals surface area contributed by atoms with Gasteiger partial charge in [-0.3, -0.25) is 4.79 Å². The second kappa shape index (κ2) is 6.39. The molecule has 2 atom stereocenters. The quantitative estimate of drug-likeness (QED) is 0.775. The first-order chi connectivity index (χ1) is 7.98. The molecule has 1 fully saturated rings. The third-order valence-electron chi connectivity index (χ3n) is 4.07. The lowest BCUT2D eigenvalue weighted by atomic mass is 9.79. The van der Waals surface area contributed by atoms with Crippen LogP contribution >= 0.6 is 0 Å². The summed E-state index contributed by atoms with van der Waals surface area (Å²) in [6.07, 6.45) is 6.54. The molecule has 1 amide bonds. The van der Waals surface area contributed by atoms with E-state index in [9.17, 15) is 4.79 Å². The summed E-state index contributed by atoms with van der Waals surface area (Å²) in [5, 5.41) is 3.17. The van der Waals surface area contributed by atoms with Crippen LogP contribution < -0.4 is 11.1 Å². The van der Waals surface area contributed by atoms with Crippen LogP contribution in [0.3, 0.4) is 0 Å². The van der Waals surface area contributed by atoms with Crippen LogP contribution in [0.4, 0.5) is 0 Å². The maximum Gasteiger partial charge on any atom is 0.223 e. The number of nitrogens with one attached hydrogen (secondary N) is 1. The second-order valence-electron chi connectivity index (χ2n) is 6.03. The molecule has 1 rings (SSSR count). The summed E-state index contributed by atoms with van der Waals surface area (Å²) < 4.78 is 0. The Morgan fingerprint density at radius 2 is 2.12 bits per heavy atom. The van der Waals surface area contributed by atoms with Crippen LogP contribution in [0.25, 0.3) is 0 Å². The fourth-order valence-electron chi connectivity index (χ4n) is 2.55. The zero-order chi connectivity index (χ0) is 12.9. The molecule has 100 valence electrons. The van der Waals surface area contributed by atoms with Gasteiger partial charge in [-0.1, -0.05) is 19.8 Å². The largest absolute Gasteiger partial charge is 0.351 e. The highest BCUT2D eigenvalue weighted by molar-refractivity contribution is 5.79. The van der Waals surface area contributed by atoms with Gasteiger partial charge in [0.1, 0.15) is 0 Å². The van der Waals surface area contributed by atoms with Gasteiger partial charge >= 0.3 is 0 Å². The van der Waals surface area contributed by atoms with Crippen LogP contribution in [-0.4, -0.2) is 18.0 Å². The minimum absolute atomic E-state index is 0.0715. The third-order valence-corrected chi connectivity index (χ3v) is 4.07. The molecule has 0 bridgehead atoms. The van der Waals surface area contributed by atoms with E-state index in [1.807, 2.05) is 0 Å². The van der Waals surface area contributed by atoms with Crippen molar-refractivity contribution in [1.82, 2.24) is 5.32 Å². The van der Waals surface area contributed by atoms with E-state index >= 15 is 0 Å². The van der Waals surface area contributed by atoms with Crippen LogP contribution in [0.15, 0.2) is 0 Å². The number of hydrogen-bond donors (Lipinski definition) is 2. The summed E-state index contributed by atoms with van der Waals surface area (Å²) in [6.45, 7) is 7.04. The molecule has 3 nitrogen and oxygen atoms in total. The van der Waals surface area contributed by atoms with Crippen LogP contribution in [0.5, 0.6) is 0 Å². The van der Waals surface area contributed by atoms with Gasteiger partial charge in [-0.2, -0.15) is 0 Å². The van der Waals surface area contributed by atoms with Crippen LogP contribution in [-0.2, 0) is 4.79 Å². The third kappa shape index (κ3) is 4.66. The minimum Gasteiger partial charge on any atom is -0.351 e. The lowest BCUT2D eigenvalue weighted by Crippen LogP contribution is -2.46. The molecular formula is C14H28N2O. The molecule has 0 aromatic carbocycles. The van der Waals surface area contributed by atoms with Crippen molar-refractivity contribution < 1.29 is 4.79 Å². The number of amides is 1. The van der Waals surface area contributed by atoms with Gasteiger partial charge in [-0.05, 0) is 52.0 Å². The molecule has 0 aliphatic heterocycles. The van der Waals surface area contributed by atoms with Crippen molar-refractivity contribution in [2.24, 2.45) is 17.6 Å². The van der Waals surface area contributed by atoms with Gasteiger partial charge in [-0.25, -0.2) is 0 Å². The maximum absolute atomic E-state index is 12.2. The molecule has 0 aromatic rings. The molecule has 2 unspecified atom stereocenters. The van der Waals surface area contributed by atoms with Gasteiger partial charge in [0.15, 0.2) is 0 Å². The standard InChI is InChI=1S/C14H28N2O/c1-4-14(2,3)16-13(17)12-7-5-6-11(10-12)8-9-15/h11-12H,4-10,15H2,1-3H3,(H,16,17). The van der Waals surface area contributed by atoms with Crippen molar-refractivity contribution >= 4 is 5.91 Å². The number of nitrogens with two attached hydrogens (primary N) is 1. The molecule has 1 aliphatic carbocycles. The Morgan fingerprint density at radius 1 is 1.41 bits per heavy atom. The van der Waals surface area contributed by atoms with Crippen LogP contribution in [0, 0.1) is 11.8 Å². The van der Waals surface area contributed by atoms with E-state index in [1.165, 1.54) is 12.8 Å². The Hall–Kier alpha value is -0.570. The highest BCUT2D eigenvalue weighted by Gasteiger charge is 2.29. The van der Waals surface area contributed by atoms with Crippen molar-refractivity contribution in [3.63, 3.8) is 0 Å². The monoisotopic (exact) mass is 240 g/mol. The lowest BCUT2D eigenvalue weighted by molar-refractivity contribution is -0.128. The molecule has 0 heterocycles. The summed E-state index contributed by atoms with van der Waals surface area (Å²) in [5.74, 6) is 1.12. The first kappa shape index (κ1) is 14.5. The fourth-order valence-corrected chi connectivity index (χ4v) is 2.55. The first-order valence-electron chi connectivity index (χ1n) is 7.00.